The highest BCUT2D eigenvalue weighted by molar-refractivity contribution is 7.80. The number of nitrogens with zero attached hydrogens (tertiary/aromatic N) is 3. The molecular weight excluding hydrogens is 460 g/mol. The first-order valence-corrected chi connectivity index (χ1v) is 11.7. The van der Waals surface area contributed by atoms with Crippen LogP contribution in [0, 0.1) is 0 Å². The van der Waals surface area contributed by atoms with Crippen LogP contribution >= 0.6 is 23.6 Å². The quantitative estimate of drug-likeness (QED) is 0.347. The van der Waals surface area contributed by atoms with Gasteiger partial charge < -0.3 is 29.0 Å². The van der Waals surface area contributed by atoms with Crippen molar-refractivity contribution >= 4 is 34.2 Å². The van der Waals surface area contributed by atoms with E-state index in [-0.39, 0.29) is 6.04 Å². The summed E-state index contributed by atoms with van der Waals surface area (Å²) in [5.41, 5.74) is 2.76. The summed E-state index contributed by atoms with van der Waals surface area (Å²) in [7, 11) is 4.92. The first-order chi connectivity index (χ1) is 16.1. The lowest BCUT2D eigenvalue weighted by atomic mass is 9.94. The third kappa shape index (κ3) is 4.73. The van der Waals surface area contributed by atoms with Gasteiger partial charge in [0.1, 0.15) is 0 Å². The molecule has 1 aromatic carbocycles. The molecule has 1 aliphatic rings. The Morgan fingerprint density at radius 1 is 1.18 bits per heavy atom. The number of allylic oxidation sites excluding steroid dienone is 1. The third-order valence-electron chi connectivity index (χ3n) is 5.47. The van der Waals surface area contributed by atoms with Crippen molar-refractivity contribution in [2.45, 2.75) is 19.4 Å². The first kappa shape index (κ1) is 23.2. The van der Waals surface area contributed by atoms with Gasteiger partial charge in [0, 0.05) is 26.0 Å². The van der Waals surface area contributed by atoms with E-state index in [0.29, 0.717) is 41.5 Å². The zero-order valence-electron chi connectivity index (χ0n) is 19.0. The van der Waals surface area contributed by atoms with Crippen LogP contribution in [0.25, 0.3) is 16.3 Å². The minimum Gasteiger partial charge on any atom is -0.493 e. The van der Waals surface area contributed by atoms with Gasteiger partial charge in [-0.1, -0.05) is 17.3 Å². The van der Waals surface area contributed by atoms with Crippen molar-refractivity contribution in [1.82, 2.24) is 20.4 Å². The molecule has 0 radical (unpaired) electrons. The van der Waals surface area contributed by atoms with Crippen LogP contribution in [0.5, 0.6) is 11.5 Å². The highest BCUT2D eigenvalue weighted by Gasteiger charge is 2.34. The summed E-state index contributed by atoms with van der Waals surface area (Å²) >= 11 is 7.30. The third-order valence-corrected chi connectivity index (χ3v) is 6.67. The van der Waals surface area contributed by atoms with Crippen molar-refractivity contribution < 1.29 is 18.7 Å². The molecule has 1 unspecified atom stereocenters. The van der Waals surface area contributed by atoms with Gasteiger partial charge in [-0.25, -0.2) is 0 Å². The number of aromatic nitrogens is 2. The van der Waals surface area contributed by atoms with Gasteiger partial charge in [-0.15, -0.1) is 11.3 Å². The fraction of sp³-hybridized carbons (Fsp3) is 0.348. The first-order valence-electron chi connectivity index (χ1n) is 10.4. The molecule has 0 aliphatic carbocycles. The Kier molecular flexibility index (Phi) is 7.26. The van der Waals surface area contributed by atoms with E-state index in [1.807, 2.05) is 42.6 Å². The molecule has 1 atom stereocenters. The van der Waals surface area contributed by atoms with E-state index in [9.17, 15) is 0 Å². The summed E-state index contributed by atoms with van der Waals surface area (Å²) in [4.78, 5) is 7.72. The van der Waals surface area contributed by atoms with Gasteiger partial charge in [0.05, 0.1) is 30.7 Å². The molecule has 33 heavy (non-hydrogen) atoms. The molecule has 0 spiro atoms. The molecule has 0 saturated heterocycles. The average molecular weight is 487 g/mol. The van der Waals surface area contributed by atoms with Crippen LogP contribution in [0.4, 0.5) is 0 Å². The lowest BCUT2D eigenvalue weighted by Crippen LogP contribution is -2.46. The second-order valence-corrected chi connectivity index (χ2v) is 8.73. The molecule has 3 aromatic rings. The van der Waals surface area contributed by atoms with Crippen molar-refractivity contribution in [1.29, 1.82) is 0 Å². The van der Waals surface area contributed by atoms with Gasteiger partial charge in [-0.05, 0) is 54.7 Å². The van der Waals surface area contributed by atoms with Gasteiger partial charge in [-0.2, -0.15) is 4.98 Å². The van der Waals surface area contributed by atoms with Crippen molar-refractivity contribution in [3.05, 3.63) is 52.9 Å². The van der Waals surface area contributed by atoms with Crippen LogP contribution in [-0.4, -0.2) is 54.6 Å². The Hall–Kier alpha value is -2.95. The molecule has 0 bridgehead atoms. The molecule has 0 fully saturated rings. The summed E-state index contributed by atoms with van der Waals surface area (Å²) in [5.74, 6) is 2.29. The van der Waals surface area contributed by atoms with Gasteiger partial charge >= 0.3 is 0 Å². The fourth-order valence-corrected chi connectivity index (χ4v) is 4.81. The van der Waals surface area contributed by atoms with Crippen molar-refractivity contribution in [2.24, 2.45) is 0 Å². The van der Waals surface area contributed by atoms with Crippen LogP contribution in [0.2, 0.25) is 0 Å². The lowest BCUT2D eigenvalue weighted by molar-refractivity contribution is 0.188. The van der Waals surface area contributed by atoms with E-state index >= 15 is 0 Å². The fourth-order valence-electron chi connectivity index (χ4n) is 3.82. The normalized spacial score (nSPS) is 16.2. The second-order valence-electron chi connectivity index (χ2n) is 7.39. The molecule has 174 valence electrons. The van der Waals surface area contributed by atoms with Crippen LogP contribution < -0.4 is 14.8 Å². The highest BCUT2D eigenvalue weighted by atomic mass is 32.1. The Balaban J connectivity index is 1.79. The van der Waals surface area contributed by atoms with Gasteiger partial charge in [0.25, 0.3) is 5.89 Å². The predicted octanol–water partition coefficient (Wildman–Crippen LogP) is 4.51. The Labute approximate surface area is 202 Å². The van der Waals surface area contributed by atoms with E-state index in [0.717, 1.165) is 28.1 Å². The molecule has 8 nitrogen and oxygen atoms in total. The minimum absolute atomic E-state index is 0.299. The minimum atomic E-state index is -0.299. The molecule has 3 heterocycles. The lowest BCUT2D eigenvalue weighted by Gasteiger charge is -2.37. The number of ether oxygens (including phenoxy) is 3. The maximum Gasteiger partial charge on any atom is 0.258 e. The zero-order valence-corrected chi connectivity index (χ0v) is 20.6. The molecular formula is C23H26N4O4S2. The number of rotatable bonds is 9. The summed E-state index contributed by atoms with van der Waals surface area (Å²) < 4.78 is 21.9. The summed E-state index contributed by atoms with van der Waals surface area (Å²) in [6, 6.07) is 9.42. The molecule has 2 aromatic heterocycles. The number of hydrogen-bond acceptors (Lipinski definition) is 8. The second kappa shape index (κ2) is 10.3. The van der Waals surface area contributed by atoms with E-state index in [1.165, 1.54) is 0 Å². The molecule has 1 N–H and O–H groups in total. The standard InChI is InChI=1S/C23H26N4O4S2/c1-14-19(22-25-21(26-31-22)18-7-5-12-33-18)20(24-23(32)27(14)10-6-11-28-2)15-8-9-16(29-3)17(13-15)30-4/h5,7-9,12-13,20H,6,10-11H2,1-4H3,(H,24,32). The average Bonchev–Trinajstić information content (AvgIpc) is 3.52. The molecule has 10 heteroatoms. The molecule has 4 rings (SSSR count). The van der Waals surface area contributed by atoms with Crippen LogP contribution in [0.1, 0.15) is 30.8 Å². The largest absolute Gasteiger partial charge is 0.493 e. The smallest absolute Gasteiger partial charge is 0.258 e. The Morgan fingerprint density at radius 3 is 2.70 bits per heavy atom. The van der Waals surface area contributed by atoms with Crippen LogP contribution in [0.3, 0.4) is 0 Å². The van der Waals surface area contributed by atoms with Crippen molar-refractivity contribution in [3.8, 4) is 22.2 Å². The zero-order chi connectivity index (χ0) is 23.4. The van der Waals surface area contributed by atoms with E-state index in [1.54, 1.807) is 32.7 Å². The van der Waals surface area contributed by atoms with Crippen LogP contribution in [0.15, 0.2) is 45.9 Å². The summed E-state index contributed by atoms with van der Waals surface area (Å²) in [5, 5.41) is 10.3. The number of thiophene rings is 1. The van der Waals surface area contributed by atoms with E-state index < -0.39 is 0 Å². The van der Waals surface area contributed by atoms with E-state index in [4.69, 9.17) is 35.9 Å². The monoisotopic (exact) mass is 486 g/mol. The summed E-state index contributed by atoms with van der Waals surface area (Å²) in [6.45, 7) is 3.38. The number of hydrogen-bond donors (Lipinski definition) is 1. The number of nitrogens with one attached hydrogen (secondary N) is 1. The maximum atomic E-state index is 5.76. The predicted molar refractivity (Wildman–Crippen MR) is 131 cm³/mol. The van der Waals surface area contributed by atoms with Gasteiger partial charge in [-0.3, -0.25) is 0 Å². The number of benzene rings is 1. The SMILES string of the molecule is COCCCN1C(=S)NC(c2ccc(OC)c(OC)c2)C(c2nc(-c3cccs3)no2)=C1C. The number of thiocarbonyl (C=S) groups is 1. The van der Waals surface area contributed by atoms with Crippen LogP contribution in [-0.2, 0) is 4.74 Å². The van der Waals surface area contributed by atoms with Gasteiger partial charge in [0.15, 0.2) is 16.6 Å². The summed E-state index contributed by atoms with van der Waals surface area (Å²) in [6.07, 6.45) is 0.828. The highest BCUT2D eigenvalue weighted by Crippen LogP contribution is 2.40. The molecule has 0 saturated carbocycles. The maximum absolute atomic E-state index is 5.76. The number of methoxy groups -OCH3 is 3. The molecule has 0 amide bonds. The Morgan fingerprint density at radius 2 is 2.00 bits per heavy atom. The van der Waals surface area contributed by atoms with Crippen molar-refractivity contribution in [3.63, 3.8) is 0 Å². The van der Waals surface area contributed by atoms with Gasteiger partial charge in [0.2, 0.25) is 5.82 Å². The molecule has 1 aliphatic heterocycles. The van der Waals surface area contributed by atoms with E-state index in [2.05, 4.69) is 15.4 Å². The topological polar surface area (TPSA) is 81.9 Å². The Bertz CT molecular complexity index is 1140. The van der Waals surface area contributed by atoms with Crippen molar-refractivity contribution in [2.75, 3.05) is 34.5 Å².